The van der Waals surface area contributed by atoms with E-state index in [9.17, 15) is 10.2 Å². The van der Waals surface area contributed by atoms with Crippen molar-refractivity contribution in [1.29, 1.82) is 0 Å². The van der Waals surface area contributed by atoms with Crippen LogP contribution in [0.5, 0.6) is 11.5 Å². The summed E-state index contributed by atoms with van der Waals surface area (Å²) in [6.07, 6.45) is 0. The molecule has 0 aliphatic carbocycles. The van der Waals surface area contributed by atoms with Crippen LogP contribution in [-0.4, -0.2) is 26.6 Å². The Hall–Kier alpha value is -1.65. The van der Waals surface area contributed by atoms with Crippen molar-refractivity contribution in [2.24, 2.45) is 0 Å². The minimum Gasteiger partial charge on any atom is -0.507 e. The minimum atomic E-state index is -2.10. The van der Waals surface area contributed by atoms with Gasteiger partial charge in [0.05, 0.1) is 6.61 Å². The van der Waals surface area contributed by atoms with E-state index in [-0.39, 0.29) is 21.7 Å². The molecule has 0 amide bonds. The van der Waals surface area contributed by atoms with E-state index in [0.29, 0.717) is 18.1 Å². The minimum absolute atomic E-state index is 0.0178. The van der Waals surface area contributed by atoms with Gasteiger partial charge in [-0.3, -0.25) is 0 Å². The second kappa shape index (κ2) is 13.6. The van der Waals surface area contributed by atoms with E-state index in [0.717, 1.165) is 22.3 Å². The molecule has 0 unspecified atom stereocenters. The van der Waals surface area contributed by atoms with Gasteiger partial charge in [0.15, 0.2) is 0 Å². The van der Waals surface area contributed by atoms with Crippen molar-refractivity contribution < 1.29 is 24.5 Å². The monoisotopic (exact) mass is 550 g/mol. The van der Waals surface area contributed by atoms with E-state index in [1.54, 1.807) is 6.92 Å². The van der Waals surface area contributed by atoms with Crippen LogP contribution in [0.25, 0.3) is 0 Å². The highest BCUT2D eigenvalue weighted by Crippen LogP contribution is 2.38. The molecule has 0 saturated carbocycles. The van der Waals surface area contributed by atoms with Crippen LogP contribution in [0.2, 0.25) is 0 Å². The number of aryl methyl sites for hydroxylation is 2. The third-order valence-electron chi connectivity index (χ3n) is 6.19. The van der Waals surface area contributed by atoms with Crippen molar-refractivity contribution in [3.8, 4) is 11.5 Å². The number of hydrogen-bond acceptors (Lipinski definition) is 5. The quantitative estimate of drug-likeness (QED) is 0.281. The summed E-state index contributed by atoms with van der Waals surface area (Å²) in [6.45, 7) is 32.0. The summed E-state index contributed by atoms with van der Waals surface area (Å²) in [7, 11) is -2.10. The average Bonchev–Trinajstić information content (AvgIpc) is 2.69. The molecular weight excluding hydrogens is 495 g/mol. The summed E-state index contributed by atoms with van der Waals surface area (Å²) in [6, 6.07) is 8.46. The highest BCUT2D eigenvalue weighted by molar-refractivity contribution is 7.39. The summed E-state index contributed by atoms with van der Waals surface area (Å²) in [4.78, 5) is 15.9. The van der Waals surface area contributed by atoms with Crippen molar-refractivity contribution in [3.05, 3.63) is 57.6 Å². The molecule has 0 fully saturated rings. The Morgan fingerprint density at radius 1 is 0.579 bits per heavy atom. The molecule has 0 saturated heterocycles. The van der Waals surface area contributed by atoms with Crippen LogP contribution in [0.4, 0.5) is 0 Å². The lowest BCUT2D eigenvalue weighted by Gasteiger charge is -2.27. The first-order valence-electron chi connectivity index (χ1n) is 13.3. The molecule has 5 nitrogen and oxygen atoms in total. The van der Waals surface area contributed by atoms with Gasteiger partial charge in [-0.1, -0.05) is 107 Å². The van der Waals surface area contributed by atoms with Crippen LogP contribution in [-0.2, 0) is 26.2 Å². The van der Waals surface area contributed by atoms with Crippen LogP contribution in [0.3, 0.4) is 0 Å². The Kier molecular flexibility index (Phi) is 13.0. The van der Waals surface area contributed by atoms with Crippen molar-refractivity contribution in [2.45, 2.75) is 126 Å². The van der Waals surface area contributed by atoms with Crippen molar-refractivity contribution in [1.82, 2.24) is 0 Å². The molecule has 2 aromatic rings. The third-order valence-corrected chi connectivity index (χ3v) is 6.68. The Balaban J connectivity index is 0.000000596. The molecule has 38 heavy (non-hydrogen) atoms. The zero-order chi connectivity index (χ0) is 30.4. The van der Waals surface area contributed by atoms with E-state index < -0.39 is 8.60 Å². The summed E-state index contributed by atoms with van der Waals surface area (Å²) in [5.74, 6) is 0.890. The van der Waals surface area contributed by atoms with Gasteiger partial charge in [-0.2, -0.15) is 0 Å². The first kappa shape index (κ1) is 36.4. The fourth-order valence-electron chi connectivity index (χ4n) is 3.68. The maximum Gasteiger partial charge on any atom is 0.327 e. The topological polar surface area (TPSA) is 90.2 Å². The van der Waals surface area contributed by atoms with E-state index in [1.807, 2.05) is 13.8 Å². The van der Waals surface area contributed by atoms with Gasteiger partial charge in [-0.15, -0.1) is 0 Å². The molecule has 4 N–H and O–H groups in total. The Morgan fingerprint density at radius 3 is 1.03 bits per heavy atom. The predicted molar refractivity (Wildman–Crippen MR) is 163 cm³/mol. The van der Waals surface area contributed by atoms with E-state index in [2.05, 4.69) is 112 Å². The number of aromatic hydroxyl groups is 2. The highest BCUT2D eigenvalue weighted by Gasteiger charge is 2.24. The number of phenols is 2. The maximum atomic E-state index is 10.1. The van der Waals surface area contributed by atoms with Gasteiger partial charge >= 0.3 is 8.60 Å². The van der Waals surface area contributed by atoms with Gasteiger partial charge in [0.2, 0.25) is 0 Å². The molecule has 0 bridgehead atoms. The normalized spacial score (nSPS) is 12.5. The predicted octanol–water partition coefficient (Wildman–Crippen LogP) is 8.83. The smallest absolute Gasteiger partial charge is 0.327 e. The molecule has 2 aromatic carbocycles. The number of phenolic OH excluding ortho intramolecular Hbond substituents is 2. The summed E-state index contributed by atoms with van der Waals surface area (Å²) in [5.41, 5.74) is 6.80. The van der Waals surface area contributed by atoms with Crippen molar-refractivity contribution >= 4 is 8.60 Å². The van der Waals surface area contributed by atoms with Gasteiger partial charge in [0, 0.05) is 0 Å². The van der Waals surface area contributed by atoms with Crippen molar-refractivity contribution in [3.63, 3.8) is 0 Å². The lowest BCUT2D eigenvalue weighted by atomic mass is 9.79. The molecule has 6 heteroatoms. The van der Waals surface area contributed by atoms with E-state index in [4.69, 9.17) is 9.79 Å². The van der Waals surface area contributed by atoms with Gasteiger partial charge in [-0.05, 0) is 75.8 Å². The molecule has 0 spiro atoms. The lowest BCUT2D eigenvalue weighted by molar-refractivity contribution is 0.269. The summed E-state index contributed by atoms with van der Waals surface area (Å²) in [5, 5.41) is 20.2. The third kappa shape index (κ3) is 11.6. The van der Waals surface area contributed by atoms with Crippen LogP contribution in [0.15, 0.2) is 24.3 Å². The second-order valence-corrected chi connectivity index (χ2v) is 14.8. The number of benzene rings is 2. The molecule has 0 aliphatic rings. The fourth-order valence-corrected chi connectivity index (χ4v) is 3.91. The Bertz CT molecular complexity index is 951. The largest absolute Gasteiger partial charge is 0.507 e. The van der Waals surface area contributed by atoms with E-state index in [1.165, 1.54) is 11.1 Å². The van der Waals surface area contributed by atoms with Gasteiger partial charge < -0.3 is 24.5 Å². The molecule has 0 heterocycles. The van der Waals surface area contributed by atoms with Crippen LogP contribution in [0, 0.1) is 13.8 Å². The molecule has 0 atom stereocenters. The van der Waals surface area contributed by atoms with Crippen LogP contribution < -0.4 is 0 Å². The molecular formula is C32H55O5P. The standard InChI is InChI=1S/2C15H24O.C2H7O3P/c2*1-10-8-11(14(2,3)4)9-12(13(10)16)15(5,6)7;1-2-5-6(3)4/h2*8-9,16H,1-7H3;3-4H,2H2,1H3. The second-order valence-electron chi connectivity index (χ2n) is 14.0. The SMILES string of the molecule is CCOP(O)O.Cc1cc(C(C)(C)C)cc(C(C)(C)C)c1O.Cc1cc(C(C)(C)C)cc(C(C)(C)C)c1O. The number of hydrogen-bond donors (Lipinski definition) is 4. The van der Waals surface area contributed by atoms with Gasteiger partial charge in [0.25, 0.3) is 0 Å². The Labute approximate surface area is 234 Å². The van der Waals surface area contributed by atoms with Gasteiger partial charge in [0.1, 0.15) is 11.5 Å². The Morgan fingerprint density at radius 2 is 0.868 bits per heavy atom. The maximum absolute atomic E-state index is 10.1. The molecule has 0 aliphatic heterocycles. The zero-order valence-electron chi connectivity index (χ0n) is 26.7. The first-order chi connectivity index (χ1) is 16.8. The molecule has 0 radical (unpaired) electrons. The fraction of sp³-hybridized carbons (Fsp3) is 0.625. The zero-order valence-corrected chi connectivity index (χ0v) is 27.6. The lowest BCUT2D eigenvalue weighted by Crippen LogP contribution is -2.17. The average molecular weight is 551 g/mol. The first-order valence-corrected chi connectivity index (χ1v) is 14.5. The van der Waals surface area contributed by atoms with Crippen LogP contribution in [0.1, 0.15) is 123 Å². The summed E-state index contributed by atoms with van der Waals surface area (Å²) < 4.78 is 4.22. The molecule has 2 rings (SSSR count). The summed E-state index contributed by atoms with van der Waals surface area (Å²) >= 11 is 0. The van der Waals surface area contributed by atoms with Crippen molar-refractivity contribution in [2.75, 3.05) is 6.61 Å². The van der Waals surface area contributed by atoms with Gasteiger partial charge in [-0.25, -0.2) is 0 Å². The number of rotatable bonds is 2. The highest BCUT2D eigenvalue weighted by atomic mass is 31.2. The molecule has 218 valence electrons. The molecule has 0 aromatic heterocycles. The van der Waals surface area contributed by atoms with E-state index >= 15 is 0 Å². The van der Waals surface area contributed by atoms with Crippen LogP contribution >= 0.6 is 8.60 Å².